The van der Waals surface area contributed by atoms with Crippen molar-refractivity contribution in [2.45, 2.75) is 6.54 Å². The predicted molar refractivity (Wildman–Crippen MR) is 76.0 cm³/mol. The summed E-state index contributed by atoms with van der Waals surface area (Å²) in [6, 6.07) is 6.81. The number of hydrogen-bond donors (Lipinski definition) is 3. The molecule has 0 aliphatic carbocycles. The first-order valence-electron chi connectivity index (χ1n) is 5.60. The van der Waals surface area contributed by atoms with Gasteiger partial charge in [0.1, 0.15) is 11.5 Å². The number of benzene rings is 1. The Morgan fingerprint density at radius 2 is 1.95 bits per heavy atom. The van der Waals surface area contributed by atoms with E-state index in [-0.39, 0.29) is 18.1 Å². The van der Waals surface area contributed by atoms with Crippen LogP contribution in [0.25, 0.3) is 0 Å². The molecule has 2 aromatic rings. The Labute approximate surface area is 118 Å². The molecule has 1 aromatic carbocycles. The van der Waals surface area contributed by atoms with Gasteiger partial charge in [0.2, 0.25) is 6.41 Å². The molecule has 4 N–H and O–H groups in total. The van der Waals surface area contributed by atoms with Crippen LogP contribution in [-0.4, -0.2) is 16.0 Å². The maximum Gasteiger partial charge on any atom is 0.330 e. The van der Waals surface area contributed by atoms with E-state index in [4.69, 9.17) is 17.3 Å². The van der Waals surface area contributed by atoms with Gasteiger partial charge in [-0.1, -0.05) is 23.7 Å². The van der Waals surface area contributed by atoms with Gasteiger partial charge in [-0.05, 0) is 17.7 Å². The van der Waals surface area contributed by atoms with Crippen molar-refractivity contribution in [3.8, 4) is 0 Å². The number of aromatic amines is 1. The van der Waals surface area contributed by atoms with Crippen molar-refractivity contribution >= 4 is 29.5 Å². The summed E-state index contributed by atoms with van der Waals surface area (Å²) < 4.78 is 1.15. The quantitative estimate of drug-likeness (QED) is 0.708. The highest BCUT2D eigenvalue weighted by Crippen LogP contribution is 2.13. The fourth-order valence-corrected chi connectivity index (χ4v) is 1.84. The monoisotopic (exact) mass is 294 g/mol. The number of rotatable bonds is 4. The normalized spacial score (nSPS) is 10.2. The first-order chi connectivity index (χ1) is 9.52. The van der Waals surface area contributed by atoms with Gasteiger partial charge in [-0.25, -0.2) is 4.79 Å². The number of amides is 1. The second kappa shape index (κ2) is 5.62. The van der Waals surface area contributed by atoms with Crippen LogP contribution in [0.2, 0.25) is 5.02 Å². The third-order valence-electron chi connectivity index (χ3n) is 2.70. The van der Waals surface area contributed by atoms with Crippen molar-refractivity contribution in [2.75, 3.05) is 11.1 Å². The molecule has 0 saturated carbocycles. The third-order valence-corrected chi connectivity index (χ3v) is 2.95. The molecule has 7 nitrogen and oxygen atoms in total. The Morgan fingerprint density at radius 3 is 2.55 bits per heavy atom. The van der Waals surface area contributed by atoms with Gasteiger partial charge in [0.05, 0.1) is 6.54 Å². The Balaban J connectivity index is 2.48. The number of nitrogens with one attached hydrogen (secondary N) is 2. The first-order valence-corrected chi connectivity index (χ1v) is 5.98. The van der Waals surface area contributed by atoms with Crippen molar-refractivity contribution < 1.29 is 4.79 Å². The van der Waals surface area contributed by atoms with E-state index in [0.717, 1.165) is 10.1 Å². The molecule has 0 aliphatic rings. The standard InChI is InChI=1S/C12H11ClN4O3/c13-8-3-1-7(2-4-8)5-17-10(14)9(15-6-18)11(19)16-12(17)20/h1-4,6H,5,14H2,(H,15,18)(H,16,19,20). The van der Waals surface area contributed by atoms with E-state index in [9.17, 15) is 14.4 Å². The second-order valence-electron chi connectivity index (χ2n) is 3.99. The molecule has 20 heavy (non-hydrogen) atoms. The molecule has 8 heteroatoms. The van der Waals surface area contributed by atoms with E-state index in [2.05, 4.69) is 10.3 Å². The molecule has 0 unspecified atom stereocenters. The largest absolute Gasteiger partial charge is 0.383 e. The lowest BCUT2D eigenvalue weighted by Crippen LogP contribution is -2.34. The molecule has 0 atom stereocenters. The minimum Gasteiger partial charge on any atom is -0.383 e. The maximum absolute atomic E-state index is 11.8. The summed E-state index contributed by atoms with van der Waals surface area (Å²) in [4.78, 5) is 35.8. The van der Waals surface area contributed by atoms with Crippen LogP contribution in [0.5, 0.6) is 0 Å². The Kier molecular flexibility index (Phi) is 3.90. The van der Waals surface area contributed by atoms with Crippen LogP contribution in [-0.2, 0) is 11.3 Å². The summed E-state index contributed by atoms with van der Waals surface area (Å²) in [5.41, 5.74) is 4.96. The van der Waals surface area contributed by atoms with Gasteiger partial charge in [-0.15, -0.1) is 0 Å². The molecule has 0 fully saturated rings. The lowest BCUT2D eigenvalue weighted by atomic mass is 10.2. The highest BCUT2D eigenvalue weighted by molar-refractivity contribution is 6.30. The van der Waals surface area contributed by atoms with Crippen molar-refractivity contribution in [1.29, 1.82) is 0 Å². The fourth-order valence-electron chi connectivity index (χ4n) is 1.72. The minimum absolute atomic E-state index is 0.110. The average molecular weight is 295 g/mol. The fraction of sp³-hybridized carbons (Fsp3) is 0.0833. The van der Waals surface area contributed by atoms with E-state index in [1.165, 1.54) is 0 Å². The van der Waals surface area contributed by atoms with Crippen LogP contribution in [0, 0.1) is 0 Å². The second-order valence-corrected chi connectivity index (χ2v) is 4.43. The Hall–Kier alpha value is -2.54. The van der Waals surface area contributed by atoms with E-state index in [1.807, 2.05) is 0 Å². The minimum atomic E-state index is -0.744. The van der Waals surface area contributed by atoms with Crippen molar-refractivity contribution in [3.05, 3.63) is 55.7 Å². The molecular formula is C12H11ClN4O3. The van der Waals surface area contributed by atoms with Gasteiger partial charge in [0.25, 0.3) is 5.56 Å². The van der Waals surface area contributed by atoms with Crippen molar-refractivity contribution in [1.82, 2.24) is 9.55 Å². The lowest BCUT2D eigenvalue weighted by Gasteiger charge is -2.11. The van der Waals surface area contributed by atoms with Crippen LogP contribution < -0.4 is 22.3 Å². The first kappa shape index (κ1) is 13.9. The summed E-state index contributed by atoms with van der Waals surface area (Å²) in [5.74, 6) is -0.110. The number of carbonyl (C=O) groups is 1. The van der Waals surface area contributed by atoms with Gasteiger partial charge in [0, 0.05) is 5.02 Å². The number of H-pyrrole nitrogens is 1. The van der Waals surface area contributed by atoms with E-state index in [0.29, 0.717) is 11.4 Å². The molecule has 0 saturated heterocycles. The number of halogens is 1. The molecule has 2 rings (SSSR count). The molecular weight excluding hydrogens is 284 g/mol. The summed E-state index contributed by atoms with van der Waals surface area (Å²) in [5, 5.41) is 2.74. The van der Waals surface area contributed by atoms with Crippen LogP contribution in [0.3, 0.4) is 0 Å². The van der Waals surface area contributed by atoms with Gasteiger partial charge in [0.15, 0.2) is 0 Å². The number of aromatic nitrogens is 2. The van der Waals surface area contributed by atoms with Crippen LogP contribution >= 0.6 is 11.6 Å². The van der Waals surface area contributed by atoms with Crippen LogP contribution in [0.1, 0.15) is 5.56 Å². The molecule has 1 heterocycles. The predicted octanol–water partition coefficient (Wildman–Crippen LogP) is 0.389. The average Bonchev–Trinajstić information content (AvgIpc) is 2.41. The summed E-state index contributed by atoms with van der Waals surface area (Å²) in [6.07, 6.45) is 0.317. The van der Waals surface area contributed by atoms with Crippen molar-refractivity contribution in [2.24, 2.45) is 0 Å². The molecule has 0 aliphatic heterocycles. The van der Waals surface area contributed by atoms with E-state index < -0.39 is 11.2 Å². The zero-order valence-electron chi connectivity index (χ0n) is 10.2. The SMILES string of the molecule is Nc1c(NC=O)c(=O)[nH]c(=O)n1Cc1ccc(Cl)cc1. The van der Waals surface area contributed by atoms with Crippen LogP contribution in [0.4, 0.5) is 11.5 Å². The van der Waals surface area contributed by atoms with E-state index in [1.54, 1.807) is 24.3 Å². The highest BCUT2D eigenvalue weighted by atomic mass is 35.5. The number of carbonyl (C=O) groups excluding carboxylic acids is 1. The number of nitrogens with zero attached hydrogens (tertiary/aromatic N) is 1. The van der Waals surface area contributed by atoms with E-state index >= 15 is 0 Å². The molecule has 0 radical (unpaired) electrons. The van der Waals surface area contributed by atoms with Gasteiger partial charge in [-0.3, -0.25) is 19.1 Å². The van der Waals surface area contributed by atoms with Crippen LogP contribution in [0.15, 0.2) is 33.9 Å². The highest BCUT2D eigenvalue weighted by Gasteiger charge is 2.11. The molecule has 1 amide bonds. The topological polar surface area (TPSA) is 110 Å². The molecule has 0 bridgehead atoms. The number of anilines is 2. The van der Waals surface area contributed by atoms with Gasteiger partial charge in [-0.2, -0.15) is 0 Å². The summed E-state index contributed by atoms with van der Waals surface area (Å²) in [6.45, 7) is 0.145. The Bertz CT molecular complexity index is 749. The van der Waals surface area contributed by atoms with Crippen molar-refractivity contribution in [3.63, 3.8) is 0 Å². The summed E-state index contributed by atoms with van der Waals surface area (Å²) >= 11 is 5.77. The van der Waals surface area contributed by atoms with Gasteiger partial charge < -0.3 is 11.1 Å². The third kappa shape index (κ3) is 2.72. The van der Waals surface area contributed by atoms with Gasteiger partial charge >= 0.3 is 5.69 Å². The molecule has 1 aromatic heterocycles. The number of nitrogen functional groups attached to an aromatic ring is 1. The number of hydrogen-bond acceptors (Lipinski definition) is 4. The number of nitrogens with two attached hydrogens (primary N) is 1. The zero-order chi connectivity index (χ0) is 14.7. The lowest BCUT2D eigenvalue weighted by molar-refractivity contribution is -0.105. The molecule has 104 valence electrons. The Morgan fingerprint density at radius 1 is 1.30 bits per heavy atom. The maximum atomic E-state index is 11.8. The summed E-state index contributed by atoms with van der Waals surface area (Å²) in [7, 11) is 0. The smallest absolute Gasteiger partial charge is 0.330 e. The molecule has 0 spiro atoms. The zero-order valence-corrected chi connectivity index (χ0v) is 11.0.